The Labute approximate surface area is 97.0 Å². The van der Waals surface area contributed by atoms with Crippen molar-refractivity contribution < 1.29 is 4.79 Å². The minimum Gasteiger partial charge on any atom is -0.342 e. The Morgan fingerprint density at radius 1 is 1.60 bits per heavy atom. The van der Waals surface area contributed by atoms with Crippen molar-refractivity contribution in [2.75, 3.05) is 38.2 Å². The van der Waals surface area contributed by atoms with Gasteiger partial charge in [-0.3, -0.25) is 4.79 Å². The fourth-order valence-corrected chi connectivity index (χ4v) is 2.70. The van der Waals surface area contributed by atoms with Gasteiger partial charge in [-0.1, -0.05) is 6.92 Å². The summed E-state index contributed by atoms with van der Waals surface area (Å²) in [4.78, 5) is 13.8. The zero-order valence-electron chi connectivity index (χ0n) is 9.79. The molecular weight excluding hydrogens is 208 g/mol. The Hall–Kier alpha value is -0.220. The number of likely N-dealkylation sites (tertiary alicyclic amines) is 1. The molecule has 0 spiro atoms. The van der Waals surface area contributed by atoms with Crippen LogP contribution in [0.4, 0.5) is 0 Å². The van der Waals surface area contributed by atoms with E-state index in [0.717, 1.165) is 38.2 Å². The van der Waals surface area contributed by atoms with Gasteiger partial charge in [0.25, 0.3) is 0 Å². The third kappa shape index (κ3) is 4.43. The van der Waals surface area contributed by atoms with E-state index in [1.54, 1.807) is 11.8 Å². The van der Waals surface area contributed by atoms with Crippen LogP contribution >= 0.6 is 11.8 Å². The first-order chi connectivity index (χ1) is 7.27. The van der Waals surface area contributed by atoms with Gasteiger partial charge in [-0.15, -0.1) is 0 Å². The molecule has 0 saturated carbocycles. The molecule has 1 atom stereocenters. The molecule has 0 radical (unpaired) electrons. The number of amides is 1. The molecule has 1 unspecified atom stereocenters. The molecule has 3 nitrogen and oxygen atoms in total. The smallest absolute Gasteiger partial charge is 0.232 e. The summed E-state index contributed by atoms with van der Waals surface area (Å²) in [6, 6.07) is 0. The Kier molecular flexibility index (Phi) is 6.10. The lowest BCUT2D eigenvalue weighted by atomic mass is 10.1. The summed E-state index contributed by atoms with van der Waals surface area (Å²) in [6.07, 6.45) is 2.31. The van der Waals surface area contributed by atoms with Gasteiger partial charge in [-0.05, 0) is 38.1 Å². The standard InChI is InChI=1S/C11H22N2OS/c1-3-6-15-9-11(14)13-5-4-10(8-13)7-12-2/h10,12H,3-9H2,1-2H3. The Morgan fingerprint density at radius 2 is 2.40 bits per heavy atom. The largest absolute Gasteiger partial charge is 0.342 e. The molecule has 88 valence electrons. The molecule has 1 fully saturated rings. The molecule has 1 rings (SSSR count). The number of nitrogens with one attached hydrogen (secondary N) is 1. The van der Waals surface area contributed by atoms with Crippen molar-refractivity contribution in [1.82, 2.24) is 10.2 Å². The van der Waals surface area contributed by atoms with Crippen LogP contribution in [-0.4, -0.2) is 49.0 Å². The predicted molar refractivity (Wildman–Crippen MR) is 66.2 cm³/mol. The van der Waals surface area contributed by atoms with Crippen LogP contribution in [-0.2, 0) is 4.79 Å². The van der Waals surface area contributed by atoms with Crippen LogP contribution in [0.2, 0.25) is 0 Å². The zero-order chi connectivity index (χ0) is 11.1. The fraction of sp³-hybridized carbons (Fsp3) is 0.909. The van der Waals surface area contributed by atoms with E-state index in [4.69, 9.17) is 0 Å². The molecular formula is C11H22N2OS. The zero-order valence-corrected chi connectivity index (χ0v) is 10.6. The fourth-order valence-electron chi connectivity index (χ4n) is 1.91. The van der Waals surface area contributed by atoms with Gasteiger partial charge in [0.2, 0.25) is 5.91 Å². The average molecular weight is 230 g/mol. The summed E-state index contributed by atoms with van der Waals surface area (Å²) < 4.78 is 0. The van der Waals surface area contributed by atoms with E-state index in [-0.39, 0.29) is 0 Å². The van der Waals surface area contributed by atoms with Crippen molar-refractivity contribution in [2.24, 2.45) is 5.92 Å². The van der Waals surface area contributed by atoms with Gasteiger partial charge in [-0.2, -0.15) is 11.8 Å². The maximum atomic E-state index is 11.8. The SMILES string of the molecule is CCCSCC(=O)N1CCC(CNC)C1. The second-order valence-corrected chi connectivity index (χ2v) is 5.21. The molecule has 4 heteroatoms. The van der Waals surface area contributed by atoms with Crippen LogP contribution in [0.25, 0.3) is 0 Å². The second kappa shape index (κ2) is 7.12. The van der Waals surface area contributed by atoms with Crippen molar-refractivity contribution in [1.29, 1.82) is 0 Å². The number of carbonyl (C=O) groups excluding carboxylic acids is 1. The normalized spacial score (nSPS) is 20.9. The van der Waals surface area contributed by atoms with Crippen LogP contribution < -0.4 is 5.32 Å². The van der Waals surface area contributed by atoms with E-state index in [1.165, 1.54) is 0 Å². The van der Waals surface area contributed by atoms with Gasteiger partial charge in [0, 0.05) is 13.1 Å². The molecule has 1 heterocycles. The van der Waals surface area contributed by atoms with Crippen molar-refractivity contribution >= 4 is 17.7 Å². The van der Waals surface area contributed by atoms with E-state index in [1.807, 2.05) is 11.9 Å². The summed E-state index contributed by atoms with van der Waals surface area (Å²) in [6.45, 7) is 5.09. The summed E-state index contributed by atoms with van der Waals surface area (Å²) >= 11 is 1.76. The second-order valence-electron chi connectivity index (χ2n) is 4.10. The van der Waals surface area contributed by atoms with Crippen molar-refractivity contribution in [2.45, 2.75) is 19.8 Å². The molecule has 1 amide bonds. The quantitative estimate of drug-likeness (QED) is 0.696. The van der Waals surface area contributed by atoms with E-state index in [9.17, 15) is 4.79 Å². The molecule has 0 aromatic carbocycles. The van der Waals surface area contributed by atoms with Gasteiger partial charge >= 0.3 is 0 Å². The number of rotatable bonds is 6. The summed E-state index contributed by atoms with van der Waals surface area (Å²) in [5, 5.41) is 3.18. The van der Waals surface area contributed by atoms with E-state index in [2.05, 4.69) is 12.2 Å². The van der Waals surface area contributed by atoms with E-state index < -0.39 is 0 Å². The van der Waals surface area contributed by atoms with Gasteiger partial charge < -0.3 is 10.2 Å². The van der Waals surface area contributed by atoms with Crippen molar-refractivity contribution in [3.8, 4) is 0 Å². The van der Waals surface area contributed by atoms with Gasteiger partial charge in [-0.25, -0.2) is 0 Å². The third-order valence-electron chi connectivity index (χ3n) is 2.71. The summed E-state index contributed by atoms with van der Waals surface area (Å²) in [5.41, 5.74) is 0. The molecule has 0 aliphatic carbocycles. The van der Waals surface area contributed by atoms with Gasteiger partial charge in [0.15, 0.2) is 0 Å². The Bertz CT molecular complexity index is 199. The number of carbonyl (C=O) groups is 1. The van der Waals surface area contributed by atoms with Crippen LogP contribution in [0.15, 0.2) is 0 Å². The van der Waals surface area contributed by atoms with Crippen LogP contribution in [0.5, 0.6) is 0 Å². The average Bonchev–Trinajstić information content (AvgIpc) is 2.67. The predicted octanol–water partition coefficient (Wildman–Crippen LogP) is 1.20. The summed E-state index contributed by atoms with van der Waals surface area (Å²) in [7, 11) is 1.97. The first kappa shape index (κ1) is 12.8. The minimum atomic E-state index is 0.326. The summed E-state index contributed by atoms with van der Waals surface area (Å²) in [5.74, 6) is 2.75. The van der Waals surface area contributed by atoms with Crippen molar-refractivity contribution in [3.63, 3.8) is 0 Å². The first-order valence-corrected chi connectivity index (χ1v) is 6.93. The first-order valence-electron chi connectivity index (χ1n) is 5.78. The number of thioether (sulfide) groups is 1. The van der Waals surface area contributed by atoms with E-state index >= 15 is 0 Å². The maximum absolute atomic E-state index is 11.8. The molecule has 1 aliphatic rings. The number of hydrogen-bond donors (Lipinski definition) is 1. The van der Waals surface area contributed by atoms with Crippen LogP contribution in [0, 0.1) is 5.92 Å². The number of nitrogens with zero attached hydrogens (tertiary/aromatic N) is 1. The third-order valence-corrected chi connectivity index (χ3v) is 3.85. The lowest BCUT2D eigenvalue weighted by Gasteiger charge is -2.16. The van der Waals surface area contributed by atoms with Crippen LogP contribution in [0.1, 0.15) is 19.8 Å². The molecule has 0 aromatic heterocycles. The topological polar surface area (TPSA) is 32.3 Å². The molecule has 1 saturated heterocycles. The molecule has 15 heavy (non-hydrogen) atoms. The Balaban J connectivity index is 2.18. The van der Waals surface area contributed by atoms with Crippen molar-refractivity contribution in [3.05, 3.63) is 0 Å². The minimum absolute atomic E-state index is 0.326. The molecule has 0 bridgehead atoms. The monoisotopic (exact) mass is 230 g/mol. The highest BCUT2D eigenvalue weighted by Crippen LogP contribution is 2.16. The maximum Gasteiger partial charge on any atom is 0.232 e. The lowest BCUT2D eigenvalue weighted by Crippen LogP contribution is -2.31. The highest BCUT2D eigenvalue weighted by molar-refractivity contribution is 7.99. The van der Waals surface area contributed by atoms with Crippen LogP contribution in [0.3, 0.4) is 0 Å². The highest BCUT2D eigenvalue weighted by Gasteiger charge is 2.25. The van der Waals surface area contributed by atoms with Gasteiger partial charge in [0.05, 0.1) is 5.75 Å². The van der Waals surface area contributed by atoms with Gasteiger partial charge in [0.1, 0.15) is 0 Å². The number of hydrogen-bond acceptors (Lipinski definition) is 3. The Morgan fingerprint density at radius 3 is 3.07 bits per heavy atom. The molecule has 1 N–H and O–H groups in total. The molecule has 0 aromatic rings. The lowest BCUT2D eigenvalue weighted by molar-refractivity contribution is -0.127. The van der Waals surface area contributed by atoms with E-state index in [0.29, 0.717) is 17.6 Å². The molecule has 1 aliphatic heterocycles. The highest BCUT2D eigenvalue weighted by atomic mass is 32.2.